The maximum Gasteiger partial charge on any atom is 0.146 e. The molecule has 0 spiro atoms. The van der Waals surface area contributed by atoms with Gasteiger partial charge in [0.15, 0.2) is 0 Å². The van der Waals surface area contributed by atoms with Crippen LogP contribution in [0.1, 0.15) is 17.9 Å². The molecule has 2 N–H and O–H groups in total. The summed E-state index contributed by atoms with van der Waals surface area (Å²) < 4.78 is 24.0. The minimum absolute atomic E-state index is 0.0422. The van der Waals surface area contributed by atoms with Crippen molar-refractivity contribution >= 4 is 11.6 Å². The fourth-order valence-corrected chi connectivity index (χ4v) is 1.80. The average molecular weight is 284 g/mol. The van der Waals surface area contributed by atoms with Gasteiger partial charge in [-0.25, -0.2) is 4.39 Å². The molecule has 0 atom stereocenters. The molecule has 0 amide bonds. The zero-order chi connectivity index (χ0) is 13.7. The third kappa shape index (κ3) is 3.98. The number of rotatable bonds is 6. The third-order valence-electron chi connectivity index (χ3n) is 2.62. The van der Waals surface area contributed by atoms with Gasteiger partial charge in [0.05, 0.1) is 5.02 Å². The lowest BCUT2D eigenvalue weighted by Gasteiger charge is -2.04. The van der Waals surface area contributed by atoms with Crippen LogP contribution in [0.3, 0.4) is 0 Å². The Labute approximate surface area is 116 Å². The fourth-order valence-electron chi connectivity index (χ4n) is 1.63. The zero-order valence-electron chi connectivity index (χ0n) is 10.4. The summed E-state index contributed by atoms with van der Waals surface area (Å²) in [7, 11) is 0. The highest BCUT2D eigenvalue weighted by Gasteiger charge is 2.05. The summed E-state index contributed by atoms with van der Waals surface area (Å²) in [5, 5.41) is 0.0422. The molecule has 2 aromatic rings. The van der Waals surface area contributed by atoms with Gasteiger partial charge in [0.1, 0.15) is 29.7 Å². The summed E-state index contributed by atoms with van der Waals surface area (Å²) in [4.78, 5) is 0. The second-order valence-electron chi connectivity index (χ2n) is 4.12. The molecule has 0 bridgehead atoms. The minimum Gasteiger partial charge on any atom is -0.486 e. The van der Waals surface area contributed by atoms with E-state index in [0.717, 1.165) is 18.6 Å². The van der Waals surface area contributed by atoms with E-state index in [2.05, 4.69) is 0 Å². The molecule has 0 aliphatic heterocycles. The predicted molar refractivity (Wildman–Crippen MR) is 71.8 cm³/mol. The molecule has 0 aliphatic carbocycles. The highest BCUT2D eigenvalue weighted by atomic mass is 35.5. The Morgan fingerprint density at radius 3 is 2.74 bits per heavy atom. The summed E-state index contributed by atoms with van der Waals surface area (Å²) >= 11 is 5.67. The van der Waals surface area contributed by atoms with E-state index in [-0.39, 0.29) is 11.6 Å². The molecule has 3 nitrogen and oxygen atoms in total. The Bertz CT molecular complexity index is 542. The monoisotopic (exact) mass is 283 g/mol. The Morgan fingerprint density at radius 1 is 1.21 bits per heavy atom. The number of aryl methyl sites for hydroxylation is 1. The number of hydrogen-bond acceptors (Lipinski definition) is 3. The van der Waals surface area contributed by atoms with E-state index in [9.17, 15) is 4.39 Å². The normalized spacial score (nSPS) is 10.7. The Hall–Kier alpha value is -1.52. The molecule has 1 aromatic carbocycles. The van der Waals surface area contributed by atoms with E-state index in [1.165, 1.54) is 18.2 Å². The standard InChI is InChI=1S/C14H15ClFNO2/c15-13-8-11(5-6-14(13)16)18-9-12-4-3-10(19-12)2-1-7-17/h3-6,8H,1-2,7,9,17H2. The van der Waals surface area contributed by atoms with Crippen LogP contribution < -0.4 is 10.5 Å². The van der Waals surface area contributed by atoms with Crippen molar-refractivity contribution in [1.82, 2.24) is 0 Å². The van der Waals surface area contributed by atoms with Crippen LogP contribution in [0.4, 0.5) is 4.39 Å². The van der Waals surface area contributed by atoms with Crippen molar-refractivity contribution in [3.05, 3.63) is 52.7 Å². The van der Waals surface area contributed by atoms with Gasteiger partial charge < -0.3 is 14.9 Å². The van der Waals surface area contributed by atoms with Gasteiger partial charge in [0, 0.05) is 12.5 Å². The number of benzene rings is 1. The third-order valence-corrected chi connectivity index (χ3v) is 2.91. The summed E-state index contributed by atoms with van der Waals surface area (Å²) in [5.41, 5.74) is 5.43. The van der Waals surface area contributed by atoms with Crippen molar-refractivity contribution in [2.24, 2.45) is 5.73 Å². The van der Waals surface area contributed by atoms with E-state index < -0.39 is 5.82 Å². The summed E-state index contributed by atoms with van der Waals surface area (Å²) in [5.74, 6) is 1.65. The van der Waals surface area contributed by atoms with Crippen LogP contribution in [0.2, 0.25) is 5.02 Å². The largest absolute Gasteiger partial charge is 0.486 e. The summed E-state index contributed by atoms with van der Waals surface area (Å²) in [6.07, 6.45) is 1.71. The van der Waals surface area contributed by atoms with Crippen LogP contribution in [0.5, 0.6) is 5.75 Å². The van der Waals surface area contributed by atoms with Gasteiger partial charge in [-0.2, -0.15) is 0 Å². The first-order chi connectivity index (χ1) is 9.19. The van der Waals surface area contributed by atoms with Crippen molar-refractivity contribution < 1.29 is 13.5 Å². The maximum absolute atomic E-state index is 13.0. The zero-order valence-corrected chi connectivity index (χ0v) is 11.1. The SMILES string of the molecule is NCCCc1ccc(COc2ccc(F)c(Cl)c2)o1. The van der Waals surface area contributed by atoms with Gasteiger partial charge in [0.2, 0.25) is 0 Å². The molecule has 0 radical (unpaired) electrons. The lowest BCUT2D eigenvalue weighted by molar-refractivity contribution is 0.265. The molecule has 0 saturated carbocycles. The molecule has 19 heavy (non-hydrogen) atoms. The summed E-state index contributed by atoms with van der Waals surface area (Å²) in [6, 6.07) is 8.00. The highest BCUT2D eigenvalue weighted by molar-refractivity contribution is 6.30. The Morgan fingerprint density at radius 2 is 2.00 bits per heavy atom. The van der Waals surface area contributed by atoms with Crippen LogP contribution in [0.15, 0.2) is 34.7 Å². The van der Waals surface area contributed by atoms with E-state index in [1.807, 2.05) is 12.1 Å². The van der Waals surface area contributed by atoms with Crippen LogP contribution in [-0.2, 0) is 13.0 Å². The number of nitrogens with two attached hydrogens (primary N) is 1. The molecule has 0 aliphatic rings. The summed E-state index contributed by atoms with van der Waals surface area (Å²) in [6.45, 7) is 0.922. The number of furan rings is 1. The molecule has 0 saturated heterocycles. The molecule has 0 fully saturated rings. The molecule has 0 unspecified atom stereocenters. The average Bonchev–Trinajstić information content (AvgIpc) is 2.86. The topological polar surface area (TPSA) is 48.4 Å². The maximum atomic E-state index is 13.0. The van der Waals surface area contributed by atoms with E-state index in [1.54, 1.807) is 0 Å². The smallest absolute Gasteiger partial charge is 0.146 e. The van der Waals surface area contributed by atoms with E-state index in [4.69, 9.17) is 26.5 Å². The van der Waals surface area contributed by atoms with Crippen LogP contribution in [-0.4, -0.2) is 6.54 Å². The molecule has 2 rings (SSSR count). The molecule has 5 heteroatoms. The first-order valence-corrected chi connectivity index (χ1v) is 6.42. The minimum atomic E-state index is -0.462. The second kappa shape index (κ2) is 6.59. The predicted octanol–water partition coefficient (Wildman–Crippen LogP) is 3.54. The van der Waals surface area contributed by atoms with Crippen molar-refractivity contribution in [2.45, 2.75) is 19.4 Å². The van der Waals surface area contributed by atoms with E-state index >= 15 is 0 Å². The lowest BCUT2D eigenvalue weighted by Crippen LogP contribution is -1.99. The highest BCUT2D eigenvalue weighted by Crippen LogP contribution is 2.22. The number of hydrogen-bond donors (Lipinski definition) is 1. The molecule has 1 aromatic heterocycles. The Kier molecular flexibility index (Phi) is 4.82. The van der Waals surface area contributed by atoms with Crippen molar-refractivity contribution in [3.8, 4) is 5.75 Å². The number of ether oxygens (including phenoxy) is 1. The molecule has 102 valence electrons. The van der Waals surface area contributed by atoms with Gasteiger partial charge >= 0.3 is 0 Å². The van der Waals surface area contributed by atoms with Crippen molar-refractivity contribution in [3.63, 3.8) is 0 Å². The molecule has 1 heterocycles. The van der Waals surface area contributed by atoms with Crippen molar-refractivity contribution in [2.75, 3.05) is 6.54 Å². The van der Waals surface area contributed by atoms with Crippen LogP contribution in [0.25, 0.3) is 0 Å². The van der Waals surface area contributed by atoms with Gasteiger partial charge in [-0.15, -0.1) is 0 Å². The second-order valence-corrected chi connectivity index (χ2v) is 4.53. The quantitative estimate of drug-likeness (QED) is 0.882. The van der Waals surface area contributed by atoms with Gasteiger partial charge in [-0.05, 0) is 37.2 Å². The van der Waals surface area contributed by atoms with Gasteiger partial charge in [0.25, 0.3) is 0 Å². The molecular formula is C14H15ClFNO2. The van der Waals surface area contributed by atoms with Crippen LogP contribution >= 0.6 is 11.6 Å². The Balaban J connectivity index is 1.91. The fraction of sp³-hybridized carbons (Fsp3) is 0.286. The lowest BCUT2D eigenvalue weighted by atomic mass is 10.2. The van der Waals surface area contributed by atoms with Gasteiger partial charge in [-0.1, -0.05) is 11.6 Å². The first-order valence-electron chi connectivity index (χ1n) is 6.04. The van der Waals surface area contributed by atoms with Crippen molar-refractivity contribution in [1.29, 1.82) is 0 Å². The number of halogens is 2. The first kappa shape index (κ1) is 13.9. The van der Waals surface area contributed by atoms with Crippen LogP contribution in [0, 0.1) is 5.82 Å². The van der Waals surface area contributed by atoms with Gasteiger partial charge in [-0.3, -0.25) is 0 Å². The van der Waals surface area contributed by atoms with E-state index in [0.29, 0.717) is 18.1 Å². The molecular weight excluding hydrogens is 269 g/mol.